The molecule has 106 valence electrons. The molecule has 2 aromatic carbocycles. The van der Waals surface area contributed by atoms with Gasteiger partial charge in [-0.15, -0.1) is 0 Å². The third kappa shape index (κ3) is 2.83. The van der Waals surface area contributed by atoms with Crippen LogP contribution in [0.1, 0.15) is 5.56 Å². The van der Waals surface area contributed by atoms with E-state index < -0.39 is 0 Å². The van der Waals surface area contributed by atoms with Crippen molar-refractivity contribution < 1.29 is 0 Å². The molecular weight excluding hydrogens is 328 g/mol. The molecule has 0 bridgehead atoms. The number of benzene rings is 2. The first-order chi connectivity index (χ1) is 10.2. The number of hydrogen-bond donors (Lipinski definition) is 2. The molecule has 0 amide bonds. The summed E-state index contributed by atoms with van der Waals surface area (Å²) in [5.41, 5.74) is 3.09. The van der Waals surface area contributed by atoms with Gasteiger partial charge in [-0.25, -0.2) is 4.98 Å². The Morgan fingerprint density at radius 1 is 1.05 bits per heavy atom. The maximum absolute atomic E-state index is 4.54. The van der Waals surface area contributed by atoms with Gasteiger partial charge >= 0.3 is 0 Å². The summed E-state index contributed by atoms with van der Waals surface area (Å²) in [6, 6.07) is 14.1. The molecule has 0 aliphatic heterocycles. The van der Waals surface area contributed by atoms with Gasteiger partial charge in [0.15, 0.2) is 0 Å². The Bertz CT molecular complexity index is 801. The molecule has 0 aliphatic carbocycles. The molecule has 3 rings (SSSR count). The van der Waals surface area contributed by atoms with Crippen molar-refractivity contribution in [3.63, 3.8) is 0 Å². The SMILES string of the molecule is CNc1nc(Nc2cc(Br)ccc2C)c2ccccc2n1. The minimum Gasteiger partial charge on any atom is -0.357 e. The normalized spacial score (nSPS) is 10.6. The molecule has 4 nitrogen and oxygen atoms in total. The van der Waals surface area contributed by atoms with Crippen LogP contribution in [0.5, 0.6) is 0 Å². The molecule has 0 saturated heterocycles. The van der Waals surface area contributed by atoms with Crippen LogP contribution in [0.2, 0.25) is 0 Å². The van der Waals surface area contributed by atoms with E-state index in [1.54, 1.807) is 0 Å². The molecule has 0 radical (unpaired) electrons. The largest absolute Gasteiger partial charge is 0.357 e. The number of aryl methyl sites for hydroxylation is 1. The Kier molecular flexibility index (Phi) is 3.75. The van der Waals surface area contributed by atoms with Crippen LogP contribution in [-0.2, 0) is 0 Å². The monoisotopic (exact) mass is 342 g/mol. The number of fused-ring (bicyclic) bond motifs is 1. The molecule has 0 unspecified atom stereocenters. The van der Waals surface area contributed by atoms with Crippen molar-refractivity contribution in [2.75, 3.05) is 17.7 Å². The third-order valence-electron chi connectivity index (χ3n) is 3.28. The van der Waals surface area contributed by atoms with Gasteiger partial charge < -0.3 is 10.6 Å². The number of halogens is 1. The second-order valence-electron chi connectivity index (χ2n) is 4.75. The standard InChI is InChI=1S/C16H15BrN4/c1-10-7-8-11(17)9-14(10)19-15-12-5-3-4-6-13(12)20-16(18-2)21-15/h3-9H,1-2H3,(H2,18,19,20,21). The quantitative estimate of drug-likeness (QED) is 0.736. The Hall–Kier alpha value is -2.14. The van der Waals surface area contributed by atoms with Crippen molar-refractivity contribution in [3.05, 3.63) is 52.5 Å². The predicted molar refractivity (Wildman–Crippen MR) is 91.2 cm³/mol. The van der Waals surface area contributed by atoms with Crippen molar-refractivity contribution >= 4 is 44.3 Å². The first-order valence-electron chi connectivity index (χ1n) is 6.65. The van der Waals surface area contributed by atoms with Gasteiger partial charge in [0, 0.05) is 22.6 Å². The van der Waals surface area contributed by atoms with E-state index in [0.717, 1.165) is 32.4 Å². The zero-order valence-corrected chi connectivity index (χ0v) is 13.4. The van der Waals surface area contributed by atoms with E-state index >= 15 is 0 Å². The van der Waals surface area contributed by atoms with Crippen LogP contribution in [0.4, 0.5) is 17.5 Å². The molecule has 1 heterocycles. The fourth-order valence-corrected chi connectivity index (χ4v) is 2.50. The lowest BCUT2D eigenvalue weighted by Gasteiger charge is -2.12. The summed E-state index contributed by atoms with van der Waals surface area (Å²) in [4.78, 5) is 9.00. The van der Waals surface area contributed by atoms with E-state index in [0.29, 0.717) is 5.95 Å². The lowest BCUT2D eigenvalue weighted by atomic mass is 10.2. The Morgan fingerprint density at radius 2 is 1.86 bits per heavy atom. The summed E-state index contributed by atoms with van der Waals surface area (Å²) in [6.07, 6.45) is 0. The summed E-state index contributed by atoms with van der Waals surface area (Å²) in [5.74, 6) is 1.40. The lowest BCUT2D eigenvalue weighted by molar-refractivity contribution is 1.19. The van der Waals surface area contributed by atoms with Crippen LogP contribution < -0.4 is 10.6 Å². The van der Waals surface area contributed by atoms with Crippen LogP contribution in [0.3, 0.4) is 0 Å². The Morgan fingerprint density at radius 3 is 2.67 bits per heavy atom. The zero-order chi connectivity index (χ0) is 14.8. The average Bonchev–Trinajstić information content (AvgIpc) is 2.50. The maximum atomic E-state index is 4.54. The van der Waals surface area contributed by atoms with Gasteiger partial charge in [-0.05, 0) is 36.8 Å². The summed E-state index contributed by atoms with van der Waals surface area (Å²) in [7, 11) is 1.82. The van der Waals surface area contributed by atoms with Crippen molar-refractivity contribution in [1.29, 1.82) is 0 Å². The number of nitrogens with zero attached hydrogens (tertiary/aromatic N) is 2. The van der Waals surface area contributed by atoms with Gasteiger partial charge in [0.05, 0.1) is 5.52 Å². The van der Waals surface area contributed by atoms with Crippen molar-refractivity contribution in [2.45, 2.75) is 6.92 Å². The molecule has 1 aromatic heterocycles. The van der Waals surface area contributed by atoms with E-state index in [1.807, 2.05) is 43.4 Å². The van der Waals surface area contributed by atoms with Gasteiger partial charge in [0.1, 0.15) is 5.82 Å². The molecular formula is C16H15BrN4. The number of para-hydroxylation sites is 1. The van der Waals surface area contributed by atoms with Crippen molar-refractivity contribution in [2.24, 2.45) is 0 Å². The fourth-order valence-electron chi connectivity index (χ4n) is 2.14. The highest BCUT2D eigenvalue weighted by molar-refractivity contribution is 9.10. The number of aromatic nitrogens is 2. The van der Waals surface area contributed by atoms with E-state index in [-0.39, 0.29) is 0 Å². The zero-order valence-electron chi connectivity index (χ0n) is 11.8. The number of anilines is 3. The van der Waals surface area contributed by atoms with Gasteiger partial charge in [-0.1, -0.05) is 34.1 Å². The summed E-state index contributed by atoms with van der Waals surface area (Å²) in [6.45, 7) is 2.07. The molecule has 0 fully saturated rings. The van der Waals surface area contributed by atoms with Crippen LogP contribution in [-0.4, -0.2) is 17.0 Å². The number of rotatable bonds is 3. The molecule has 3 aromatic rings. The summed E-state index contributed by atoms with van der Waals surface area (Å²) >= 11 is 3.50. The summed E-state index contributed by atoms with van der Waals surface area (Å²) < 4.78 is 1.03. The topological polar surface area (TPSA) is 49.8 Å². The first kappa shape index (κ1) is 13.8. The smallest absolute Gasteiger partial charge is 0.224 e. The summed E-state index contributed by atoms with van der Waals surface area (Å²) in [5, 5.41) is 7.41. The Balaban J connectivity index is 2.13. The van der Waals surface area contributed by atoms with Gasteiger partial charge in [0.2, 0.25) is 5.95 Å². The van der Waals surface area contributed by atoms with Crippen LogP contribution in [0, 0.1) is 6.92 Å². The molecule has 21 heavy (non-hydrogen) atoms. The van der Waals surface area contributed by atoms with E-state index in [9.17, 15) is 0 Å². The molecule has 0 saturated carbocycles. The number of hydrogen-bond acceptors (Lipinski definition) is 4. The highest BCUT2D eigenvalue weighted by atomic mass is 79.9. The highest BCUT2D eigenvalue weighted by Gasteiger charge is 2.08. The minimum atomic E-state index is 0.601. The second kappa shape index (κ2) is 5.69. The molecule has 2 N–H and O–H groups in total. The second-order valence-corrected chi connectivity index (χ2v) is 5.66. The first-order valence-corrected chi connectivity index (χ1v) is 7.44. The van der Waals surface area contributed by atoms with E-state index in [4.69, 9.17) is 0 Å². The van der Waals surface area contributed by atoms with Crippen LogP contribution in [0.25, 0.3) is 10.9 Å². The predicted octanol–water partition coefficient (Wildman–Crippen LogP) is 4.49. The number of nitrogens with one attached hydrogen (secondary N) is 2. The molecule has 5 heteroatoms. The van der Waals surface area contributed by atoms with Crippen LogP contribution in [0.15, 0.2) is 46.9 Å². The van der Waals surface area contributed by atoms with Gasteiger partial charge in [-0.3, -0.25) is 0 Å². The maximum Gasteiger partial charge on any atom is 0.224 e. The lowest BCUT2D eigenvalue weighted by Crippen LogP contribution is -2.02. The van der Waals surface area contributed by atoms with Crippen LogP contribution >= 0.6 is 15.9 Å². The average molecular weight is 343 g/mol. The fraction of sp³-hybridized carbons (Fsp3) is 0.125. The van der Waals surface area contributed by atoms with Gasteiger partial charge in [0.25, 0.3) is 0 Å². The Labute approximate surface area is 131 Å². The molecule has 0 spiro atoms. The minimum absolute atomic E-state index is 0.601. The van der Waals surface area contributed by atoms with E-state index in [1.165, 1.54) is 0 Å². The third-order valence-corrected chi connectivity index (χ3v) is 3.77. The highest BCUT2D eigenvalue weighted by Crippen LogP contribution is 2.28. The van der Waals surface area contributed by atoms with E-state index in [2.05, 4.69) is 49.5 Å². The van der Waals surface area contributed by atoms with Gasteiger partial charge in [-0.2, -0.15) is 4.98 Å². The van der Waals surface area contributed by atoms with Crippen molar-refractivity contribution in [3.8, 4) is 0 Å². The molecule has 0 atom stereocenters. The van der Waals surface area contributed by atoms with Crippen molar-refractivity contribution in [1.82, 2.24) is 9.97 Å². The molecule has 0 aliphatic rings.